The quantitative estimate of drug-likeness (QED) is 0.193. The molecule has 0 saturated carbocycles. The van der Waals surface area contributed by atoms with Crippen LogP contribution in [-0.4, -0.2) is 56.3 Å². The van der Waals surface area contributed by atoms with Gasteiger partial charge in [-0.05, 0) is 6.92 Å². The number of aliphatic hydroxyl groups excluding tert-OH is 4. The van der Waals surface area contributed by atoms with Gasteiger partial charge in [0.2, 0.25) is 0 Å². The molecule has 4 unspecified atom stereocenters. The van der Waals surface area contributed by atoms with Crippen LogP contribution in [0.4, 0.5) is 0 Å². The lowest BCUT2D eigenvalue weighted by atomic mass is 10.1. The molecule has 4 atom stereocenters. The highest BCUT2D eigenvalue weighted by molar-refractivity contribution is 5.62. The largest absolute Gasteiger partial charge is 0.411 e. The van der Waals surface area contributed by atoms with Crippen molar-refractivity contribution in [3.63, 3.8) is 0 Å². The smallest absolute Gasteiger partial charge is 0.121 e. The van der Waals surface area contributed by atoms with Crippen LogP contribution in [0.2, 0.25) is 0 Å². The zero-order chi connectivity index (χ0) is 9.72. The second kappa shape index (κ2) is 5.04. The van der Waals surface area contributed by atoms with E-state index in [0.29, 0.717) is 6.21 Å². The van der Waals surface area contributed by atoms with E-state index in [9.17, 15) is 0 Å². The third-order valence-corrected chi connectivity index (χ3v) is 1.41. The van der Waals surface area contributed by atoms with Gasteiger partial charge in [-0.1, -0.05) is 5.16 Å². The van der Waals surface area contributed by atoms with E-state index in [1.54, 1.807) is 0 Å². The van der Waals surface area contributed by atoms with Crippen molar-refractivity contribution < 1.29 is 25.6 Å². The fraction of sp³-hybridized carbons (Fsp3) is 0.833. The van der Waals surface area contributed by atoms with Crippen LogP contribution >= 0.6 is 0 Å². The summed E-state index contributed by atoms with van der Waals surface area (Å²) in [6.07, 6.45) is -5.06. The maximum Gasteiger partial charge on any atom is 0.121 e. The van der Waals surface area contributed by atoms with Gasteiger partial charge in [0.05, 0.1) is 12.3 Å². The minimum absolute atomic E-state index is 0.649. The second-order valence-corrected chi connectivity index (χ2v) is 2.48. The van der Waals surface area contributed by atoms with Crippen LogP contribution in [0.25, 0.3) is 0 Å². The molecule has 12 heavy (non-hydrogen) atoms. The first kappa shape index (κ1) is 11.3. The van der Waals surface area contributed by atoms with Gasteiger partial charge in [0.1, 0.15) is 18.3 Å². The molecule has 6 heteroatoms. The fourth-order valence-electron chi connectivity index (χ4n) is 0.644. The monoisotopic (exact) mass is 179 g/mol. The van der Waals surface area contributed by atoms with Gasteiger partial charge in [-0.15, -0.1) is 0 Å². The van der Waals surface area contributed by atoms with Crippen LogP contribution in [0.15, 0.2) is 5.16 Å². The predicted molar refractivity (Wildman–Crippen MR) is 40.0 cm³/mol. The molecule has 0 fully saturated rings. The molecular formula is C6H13NO5. The highest BCUT2D eigenvalue weighted by atomic mass is 16.4. The lowest BCUT2D eigenvalue weighted by Gasteiger charge is -2.21. The number of hydrogen-bond acceptors (Lipinski definition) is 6. The van der Waals surface area contributed by atoms with E-state index in [1.165, 1.54) is 6.92 Å². The summed E-state index contributed by atoms with van der Waals surface area (Å²) in [5.41, 5.74) is 0. The Balaban J connectivity index is 4.08. The van der Waals surface area contributed by atoms with Gasteiger partial charge in [0.15, 0.2) is 0 Å². The fourth-order valence-corrected chi connectivity index (χ4v) is 0.644. The predicted octanol–water partition coefficient (Wildman–Crippen LogP) is -2.09. The van der Waals surface area contributed by atoms with Crippen LogP contribution in [0.1, 0.15) is 6.92 Å². The molecule has 0 saturated heterocycles. The third kappa shape index (κ3) is 3.14. The number of aliphatic hydroxyl groups is 4. The third-order valence-electron chi connectivity index (χ3n) is 1.41. The molecule has 0 heterocycles. The maximum atomic E-state index is 9.03. The molecule has 0 aromatic heterocycles. The molecule has 0 aliphatic rings. The lowest BCUT2D eigenvalue weighted by molar-refractivity contribution is -0.0824. The summed E-state index contributed by atoms with van der Waals surface area (Å²) in [6.45, 7) is 1.26. The molecule has 72 valence electrons. The van der Waals surface area contributed by atoms with E-state index in [1.807, 2.05) is 0 Å². The average Bonchev–Trinajstić information content (AvgIpc) is 2.02. The Labute approximate surface area is 69.4 Å². The van der Waals surface area contributed by atoms with E-state index in [2.05, 4.69) is 5.16 Å². The van der Waals surface area contributed by atoms with Gasteiger partial charge in [-0.2, -0.15) is 0 Å². The first-order valence-corrected chi connectivity index (χ1v) is 3.40. The molecule has 5 N–H and O–H groups in total. The van der Waals surface area contributed by atoms with Gasteiger partial charge < -0.3 is 25.6 Å². The van der Waals surface area contributed by atoms with Crippen molar-refractivity contribution in [3.05, 3.63) is 0 Å². The summed E-state index contributed by atoms with van der Waals surface area (Å²) in [4.78, 5) is 0. The summed E-state index contributed by atoms with van der Waals surface area (Å²) in [5.74, 6) is 0. The first-order chi connectivity index (χ1) is 5.50. The van der Waals surface area contributed by atoms with Crippen molar-refractivity contribution in [2.24, 2.45) is 5.16 Å². The Morgan fingerprint density at radius 2 is 1.58 bits per heavy atom. The van der Waals surface area contributed by atoms with E-state index in [-0.39, 0.29) is 0 Å². The van der Waals surface area contributed by atoms with Crippen molar-refractivity contribution >= 4 is 6.21 Å². The zero-order valence-electron chi connectivity index (χ0n) is 6.57. The van der Waals surface area contributed by atoms with Crippen LogP contribution < -0.4 is 0 Å². The molecule has 0 bridgehead atoms. The van der Waals surface area contributed by atoms with Gasteiger partial charge in [0.25, 0.3) is 0 Å². The van der Waals surface area contributed by atoms with E-state index in [4.69, 9.17) is 25.6 Å². The Morgan fingerprint density at radius 3 is 1.92 bits per heavy atom. The van der Waals surface area contributed by atoms with Crippen molar-refractivity contribution in [1.82, 2.24) is 0 Å². The van der Waals surface area contributed by atoms with Crippen molar-refractivity contribution in [3.8, 4) is 0 Å². The summed E-state index contributed by atoms with van der Waals surface area (Å²) in [7, 11) is 0. The van der Waals surface area contributed by atoms with Crippen LogP contribution in [0.5, 0.6) is 0 Å². The van der Waals surface area contributed by atoms with Crippen molar-refractivity contribution in [2.75, 3.05) is 0 Å². The van der Waals surface area contributed by atoms with Crippen LogP contribution in [0.3, 0.4) is 0 Å². The highest BCUT2D eigenvalue weighted by Gasteiger charge is 2.26. The maximum absolute atomic E-state index is 9.03. The van der Waals surface area contributed by atoms with E-state index >= 15 is 0 Å². The van der Waals surface area contributed by atoms with Crippen LogP contribution in [0, 0.1) is 0 Å². The molecule has 0 aliphatic carbocycles. The normalized spacial score (nSPS) is 22.1. The SMILES string of the molecule is CC(O)C(O)C(O)C(O)C=NO. The van der Waals surface area contributed by atoms with E-state index in [0.717, 1.165) is 0 Å². The molecular weight excluding hydrogens is 166 g/mol. The first-order valence-electron chi connectivity index (χ1n) is 3.40. The van der Waals surface area contributed by atoms with Gasteiger partial charge in [-0.25, -0.2) is 0 Å². The number of rotatable bonds is 4. The van der Waals surface area contributed by atoms with E-state index < -0.39 is 24.4 Å². The number of nitrogens with zero attached hydrogens (tertiary/aromatic N) is 1. The molecule has 0 aromatic carbocycles. The highest BCUT2D eigenvalue weighted by Crippen LogP contribution is 2.02. The Morgan fingerprint density at radius 1 is 1.08 bits per heavy atom. The van der Waals surface area contributed by atoms with Crippen molar-refractivity contribution in [2.45, 2.75) is 31.3 Å². The summed E-state index contributed by atoms with van der Waals surface area (Å²) in [5, 5.41) is 46.1. The standard InChI is InChI=1S/C6H13NO5/c1-3(8)5(10)6(11)4(9)2-7-12/h2-6,8-12H,1H3. The molecule has 0 amide bonds. The van der Waals surface area contributed by atoms with Gasteiger partial charge in [0, 0.05) is 0 Å². The minimum Gasteiger partial charge on any atom is -0.411 e. The molecule has 0 spiro atoms. The Kier molecular flexibility index (Phi) is 4.75. The molecule has 0 radical (unpaired) electrons. The summed E-state index contributed by atoms with van der Waals surface area (Å²) < 4.78 is 0. The molecule has 0 aromatic rings. The van der Waals surface area contributed by atoms with Gasteiger partial charge >= 0.3 is 0 Å². The average molecular weight is 179 g/mol. The van der Waals surface area contributed by atoms with Crippen molar-refractivity contribution in [1.29, 1.82) is 0 Å². The number of oxime groups is 1. The molecule has 0 rings (SSSR count). The topological polar surface area (TPSA) is 114 Å². The minimum atomic E-state index is -1.57. The second-order valence-electron chi connectivity index (χ2n) is 2.48. The Bertz CT molecular complexity index is 149. The summed E-state index contributed by atoms with van der Waals surface area (Å²) in [6, 6.07) is 0. The lowest BCUT2D eigenvalue weighted by Crippen LogP contribution is -2.43. The Hall–Kier alpha value is -0.690. The van der Waals surface area contributed by atoms with Crippen LogP contribution in [-0.2, 0) is 0 Å². The zero-order valence-corrected chi connectivity index (χ0v) is 6.57. The molecule has 0 aliphatic heterocycles. The molecule has 6 nitrogen and oxygen atoms in total. The van der Waals surface area contributed by atoms with Gasteiger partial charge in [-0.3, -0.25) is 0 Å². The summed E-state index contributed by atoms with van der Waals surface area (Å²) >= 11 is 0. The number of hydrogen-bond donors (Lipinski definition) is 5.